The van der Waals surface area contributed by atoms with Crippen LogP contribution in [0.1, 0.15) is 30.9 Å². The van der Waals surface area contributed by atoms with Crippen LogP contribution in [0, 0.1) is 22.9 Å². The summed E-state index contributed by atoms with van der Waals surface area (Å²) >= 11 is 0. The fourth-order valence-corrected chi connectivity index (χ4v) is 3.70. The van der Waals surface area contributed by atoms with Gasteiger partial charge in [0.05, 0.1) is 4.92 Å². The molecule has 0 aromatic heterocycles. The molecule has 0 bridgehead atoms. The van der Waals surface area contributed by atoms with E-state index in [4.69, 9.17) is 0 Å². The topological polar surface area (TPSA) is 66.7 Å². The van der Waals surface area contributed by atoms with Crippen LogP contribution in [0.25, 0.3) is 0 Å². The van der Waals surface area contributed by atoms with E-state index < -0.39 is 4.92 Å². The Labute approximate surface area is 163 Å². The van der Waals surface area contributed by atoms with Gasteiger partial charge in [0.2, 0.25) is 5.91 Å². The minimum absolute atomic E-state index is 0.0349. The van der Waals surface area contributed by atoms with E-state index in [1.54, 1.807) is 36.1 Å². The van der Waals surface area contributed by atoms with Crippen molar-refractivity contribution in [3.05, 3.63) is 69.5 Å². The van der Waals surface area contributed by atoms with Gasteiger partial charge in [0.1, 0.15) is 5.82 Å². The number of aryl methyl sites for hydroxylation is 1. The number of anilines is 1. The van der Waals surface area contributed by atoms with Crippen molar-refractivity contribution in [2.45, 2.75) is 39.3 Å². The fourth-order valence-electron chi connectivity index (χ4n) is 3.70. The van der Waals surface area contributed by atoms with Gasteiger partial charge in [-0.15, -0.1) is 0 Å². The van der Waals surface area contributed by atoms with Crippen molar-refractivity contribution in [1.29, 1.82) is 0 Å². The third-order valence-electron chi connectivity index (χ3n) is 5.25. The zero-order chi connectivity index (χ0) is 20.3. The molecule has 148 valence electrons. The molecule has 1 fully saturated rings. The number of rotatable bonds is 5. The summed E-state index contributed by atoms with van der Waals surface area (Å²) in [5.74, 6) is -0.392. The molecule has 1 aliphatic heterocycles. The van der Waals surface area contributed by atoms with E-state index in [1.165, 1.54) is 25.1 Å². The molecule has 0 N–H and O–H groups in total. The highest BCUT2D eigenvalue weighted by Crippen LogP contribution is 2.26. The van der Waals surface area contributed by atoms with Crippen LogP contribution < -0.4 is 4.90 Å². The number of carbonyl (C=O) groups excluding carboxylic acids is 1. The summed E-state index contributed by atoms with van der Waals surface area (Å²) < 4.78 is 14.0. The third kappa shape index (κ3) is 4.54. The molecular formula is C21H24FN3O3. The second kappa shape index (κ2) is 8.48. The monoisotopic (exact) mass is 385 g/mol. The number of halogens is 1. The van der Waals surface area contributed by atoms with Gasteiger partial charge in [0.25, 0.3) is 5.69 Å². The first-order chi connectivity index (χ1) is 13.3. The molecule has 0 unspecified atom stereocenters. The molecule has 0 saturated carbocycles. The van der Waals surface area contributed by atoms with Crippen LogP contribution in [0.15, 0.2) is 42.5 Å². The number of non-ortho nitro benzene ring substituents is 1. The summed E-state index contributed by atoms with van der Waals surface area (Å²) in [6.07, 6.45) is 1.59. The Morgan fingerprint density at radius 1 is 1.21 bits per heavy atom. The van der Waals surface area contributed by atoms with Gasteiger partial charge in [-0.1, -0.05) is 18.2 Å². The van der Waals surface area contributed by atoms with Crippen LogP contribution in [0.4, 0.5) is 15.8 Å². The van der Waals surface area contributed by atoms with Crippen molar-refractivity contribution in [3.63, 3.8) is 0 Å². The lowest BCUT2D eigenvalue weighted by atomic mass is 10.0. The summed E-state index contributed by atoms with van der Waals surface area (Å²) in [7, 11) is 0. The first kappa shape index (κ1) is 19.9. The third-order valence-corrected chi connectivity index (χ3v) is 5.25. The second-order valence-corrected chi connectivity index (χ2v) is 7.25. The molecule has 3 rings (SSSR count). The summed E-state index contributed by atoms with van der Waals surface area (Å²) in [6, 6.07) is 11.6. The number of amides is 1. The molecule has 7 heteroatoms. The van der Waals surface area contributed by atoms with Gasteiger partial charge < -0.3 is 4.90 Å². The van der Waals surface area contributed by atoms with E-state index in [2.05, 4.69) is 4.90 Å². The fraction of sp³-hybridized carbons (Fsp3) is 0.381. The average molecular weight is 385 g/mol. The number of piperidine rings is 1. The number of benzene rings is 2. The minimum Gasteiger partial charge on any atom is -0.309 e. The van der Waals surface area contributed by atoms with Crippen molar-refractivity contribution in [1.82, 2.24) is 4.90 Å². The lowest BCUT2D eigenvalue weighted by molar-refractivity contribution is -0.384. The molecule has 2 aromatic carbocycles. The zero-order valence-electron chi connectivity index (χ0n) is 16.1. The summed E-state index contributed by atoms with van der Waals surface area (Å²) in [6.45, 7) is 5.54. The van der Waals surface area contributed by atoms with Gasteiger partial charge in [-0.2, -0.15) is 0 Å². The highest BCUT2D eigenvalue weighted by Gasteiger charge is 2.27. The maximum Gasteiger partial charge on any atom is 0.269 e. The SMILES string of the molecule is CC(=O)N(c1ccc(C)c(F)c1)C1CCN(Cc2ccc([N+](=O)[O-])cc2)CC1. The number of hydrogen-bond acceptors (Lipinski definition) is 4. The molecule has 0 spiro atoms. The molecule has 1 aliphatic rings. The van der Waals surface area contributed by atoms with E-state index in [1.807, 2.05) is 0 Å². The number of nitro benzene ring substituents is 1. The van der Waals surface area contributed by atoms with Crippen molar-refractivity contribution < 1.29 is 14.1 Å². The number of hydrogen-bond donors (Lipinski definition) is 0. The maximum absolute atomic E-state index is 14.0. The Balaban J connectivity index is 1.63. The largest absolute Gasteiger partial charge is 0.309 e. The highest BCUT2D eigenvalue weighted by molar-refractivity contribution is 5.92. The van der Waals surface area contributed by atoms with Gasteiger partial charge in [0.15, 0.2) is 0 Å². The van der Waals surface area contributed by atoms with E-state index in [-0.39, 0.29) is 23.5 Å². The van der Waals surface area contributed by atoms with Crippen LogP contribution >= 0.6 is 0 Å². The molecule has 6 nitrogen and oxygen atoms in total. The van der Waals surface area contributed by atoms with Crippen molar-refractivity contribution >= 4 is 17.3 Å². The summed E-state index contributed by atoms with van der Waals surface area (Å²) in [5.41, 5.74) is 2.27. The molecular weight excluding hydrogens is 361 g/mol. The molecule has 1 saturated heterocycles. The van der Waals surface area contributed by atoms with Crippen LogP contribution in [-0.2, 0) is 11.3 Å². The molecule has 0 radical (unpaired) electrons. The Morgan fingerprint density at radius 3 is 2.39 bits per heavy atom. The minimum atomic E-state index is -0.403. The van der Waals surface area contributed by atoms with Crippen LogP contribution in [-0.4, -0.2) is 34.9 Å². The molecule has 0 atom stereocenters. The van der Waals surface area contributed by atoms with E-state index in [0.717, 1.165) is 31.5 Å². The quantitative estimate of drug-likeness (QED) is 0.575. The second-order valence-electron chi connectivity index (χ2n) is 7.25. The standard InChI is InChI=1S/C21H24FN3O3/c1-15-3-6-20(13-21(15)22)24(16(2)26)18-9-11-23(12-10-18)14-17-4-7-19(8-5-17)25(27)28/h3-8,13,18H,9-12,14H2,1-2H3. The van der Waals surface area contributed by atoms with Gasteiger partial charge in [-0.3, -0.25) is 19.8 Å². The van der Waals surface area contributed by atoms with E-state index in [0.29, 0.717) is 17.8 Å². The average Bonchev–Trinajstić information content (AvgIpc) is 2.66. The van der Waals surface area contributed by atoms with Gasteiger partial charge in [-0.05, 0) is 43.0 Å². The number of nitrogens with zero attached hydrogens (tertiary/aromatic N) is 3. The van der Waals surface area contributed by atoms with Gasteiger partial charge in [-0.25, -0.2) is 4.39 Å². The van der Waals surface area contributed by atoms with Gasteiger partial charge in [0, 0.05) is 50.4 Å². The highest BCUT2D eigenvalue weighted by atomic mass is 19.1. The van der Waals surface area contributed by atoms with Crippen LogP contribution in [0.3, 0.4) is 0 Å². The normalized spacial score (nSPS) is 15.4. The lowest BCUT2D eigenvalue weighted by Crippen LogP contribution is -2.46. The molecule has 0 aliphatic carbocycles. The lowest BCUT2D eigenvalue weighted by Gasteiger charge is -2.38. The summed E-state index contributed by atoms with van der Waals surface area (Å²) in [5, 5.41) is 10.8. The predicted molar refractivity (Wildman–Crippen MR) is 106 cm³/mol. The Hall–Kier alpha value is -2.80. The maximum atomic E-state index is 14.0. The predicted octanol–water partition coefficient (Wildman–Crippen LogP) is 4.06. The smallest absolute Gasteiger partial charge is 0.269 e. The molecule has 1 heterocycles. The Morgan fingerprint density at radius 2 is 1.86 bits per heavy atom. The zero-order valence-corrected chi connectivity index (χ0v) is 16.1. The van der Waals surface area contributed by atoms with Gasteiger partial charge >= 0.3 is 0 Å². The Kier molecular flexibility index (Phi) is 6.04. The molecule has 2 aromatic rings. The number of likely N-dealkylation sites (tertiary alicyclic amines) is 1. The molecule has 28 heavy (non-hydrogen) atoms. The van der Waals surface area contributed by atoms with E-state index in [9.17, 15) is 19.3 Å². The van der Waals surface area contributed by atoms with Crippen LogP contribution in [0.2, 0.25) is 0 Å². The summed E-state index contributed by atoms with van der Waals surface area (Å²) in [4.78, 5) is 26.6. The van der Waals surface area contributed by atoms with Crippen molar-refractivity contribution in [2.75, 3.05) is 18.0 Å². The number of carbonyl (C=O) groups is 1. The number of nitro groups is 1. The first-order valence-electron chi connectivity index (χ1n) is 9.37. The van der Waals surface area contributed by atoms with Crippen molar-refractivity contribution in [2.24, 2.45) is 0 Å². The van der Waals surface area contributed by atoms with Crippen LogP contribution in [0.5, 0.6) is 0 Å². The van der Waals surface area contributed by atoms with Crippen molar-refractivity contribution in [3.8, 4) is 0 Å². The van der Waals surface area contributed by atoms with E-state index >= 15 is 0 Å². The Bertz CT molecular complexity index is 862. The first-order valence-corrected chi connectivity index (χ1v) is 9.37. The molecule has 1 amide bonds.